The summed E-state index contributed by atoms with van der Waals surface area (Å²) < 4.78 is 49.4. The highest BCUT2D eigenvalue weighted by molar-refractivity contribution is 6.05. The fourth-order valence-electron chi connectivity index (χ4n) is 2.94. The number of amides is 2. The standard InChI is InChI=1S/C22H15F3N2O4/c23-22(24,25)14-4-2-6-17(10-14)31-16-5-1-3-13(9-16)21(29)26-15-7-8-19-18(11-15)27-20(28)12-30-19/h1-11H,12H2,(H,26,29)(H,27,28). The summed E-state index contributed by atoms with van der Waals surface area (Å²) in [5.41, 5.74) is 0.277. The van der Waals surface area contributed by atoms with Crippen LogP contribution in [0.3, 0.4) is 0 Å². The zero-order valence-electron chi connectivity index (χ0n) is 15.8. The van der Waals surface area contributed by atoms with Crippen molar-refractivity contribution in [2.24, 2.45) is 0 Å². The Morgan fingerprint density at radius 2 is 1.74 bits per heavy atom. The molecule has 0 saturated carbocycles. The lowest BCUT2D eigenvalue weighted by molar-refractivity contribution is -0.137. The van der Waals surface area contributed by atoms with Gasteiger partial charge in [0.2, 0.25) is 0 Å². The summed E-state index contributed by atoms with van der Waals surface area (Å²) in [7, 11) is 0. The third-order valence-corrected chi connectivity index (χ3v) is 4.36. The summed E-state index contributed by atoms with van der Waals surface area (Å²) in [6.07, 6.45) is -4.49. The van der Waals surface area contributed by atoms with Gasteiger partial charge in [0, 0.05) is 11.3 Å². The van der Waals surface area contributed by atoms with Gasteiger partial charge in [0.05, 0.1) is 11.3 Å². The van der Waals surface area contributed by atoms with Crippen molar-refractivity contribution >= 4 is 23.2 Å². The molecule has 1 aliphatic heterocycles. The minimum absolute atomic E-state index is 0.00203. The van der Waals surface area contributed by atoms with Crippen LogP contribution in [-0.2, 0) is 11.0 Å². The van der Waals surface area contributed by atoms with E-state index in [4.69, 9.17) is 9.47 Å². The largest absolute Gasteiger partial charge is 0.482 e. The minimum Gasteiger partial charge on any atom is -0.482 e. The Labute approximate surface area is 174 Å². The van der Waals surface area contributed by atoms with Crippen molar-refractivity contribution in [3.63, 3.8) is 0 Å². The van der Waals surface area contributed by atoms with E-state index in [1.165, 1.54) is 30.3 Å². The topological polar surface area (TPSA) is 76.7 Å². The summed E-state index contributed by atoms with van der Waals surface area (Å²) in [5.74, 6) is -0.0575. The lowest BCUT2D eigenvalue weighted by Crippen LogP contribution is -2.25. The van der Waals surface area contributed by atoms with Gasteiger partial charge in [0.25, 0.3) is 11.8 Å². The molecule has 0 saturated heterocycles. The van der Waals surface area contributed by atoms with Gasteiger partial charge < -0.3 is 20.1 Å². The Kier molecular flexibility index (Phi) is 5.24. The zero-order valence-corrected chi connectivity index (χ0v) is 15.8. The number of hydrogen-bond acceptors (Lipinski definition) is 4. The number of rotatable bonds is 4. The number of fused-ring (bicyclic) bond motifs is 1. The molecule has 3 aromatic rings. The molecule has 0 atom stereocenters. The monoisotopic (exact) mass is 428 g/mol. The van der Waals surface area contributed by atoms with E-state index < -0.39 is 17.6 Å². The van der Waals surface area contributed by atoms with Gasteiger partial charge in [-0.05, 0) is 54.6 Å². The molecule has 3 aromatic carbocycles. The first-order valence-electron chi connectivity index (χ1n) is 9.11. The number of hydrogen-bond donors (Lipinski definition) is 2. The number of nitrogens with one attached hydrogen (secondary N) is 2. The molecule has 0 radical (unpaired) electrons. The van der Waals surface area contributed by atoms with Gasteiger partial charge in [-0.1, -0.05) is 12.1 Å². The number of carbonyl (C=O) groups excluding carboxylic acids is 2. The normalized spacial score (nSPS) is 12.9. The second-order valence-electron chi connectivity index (χ2n) is 6.66. The van der Waals surface area contributed by atoms with Crippen molar-refractivity contribution in [3.8, 4) is 17.2 Å². The maximum atomic E-state index is 12.9. The average Bonchev–Trinajstić information content (AvgIpc) is 2.73. The highest BCUT2D eigenvalue weighted by atomic mass is 19.4. The van der Waals surface area contributed by atoms with E-state index in [2.05, 4.69) is 10.6 Å². The molecule has 6 nitrogen and oxygen atoms in total. The number of halogens is 3. The Morgan fingerprint density at radius 3 is 2.52 bits per heavy atom. The number of alkyl halides is 3. The molecule has 1 heterocycles. The third-order valence-electron chi connectivity index (χ3n) is 4.36. The van der Waals surface area contributed by atoms with Crippen LogP contribution in [0.25, 0.3) is 0 Å². The van der Waals surface area contributed by atoms with Gasteiger partial charge in [0.1, 0.15) is 17.2 Å². The number of anilines is 2. The van der Waals surface area contributed by atoms with Crippen molar-refractivity contribution < 1.29 is 32.2 Å². The Morgan fingerprint density at radius 1 is 1.00 bits per heavy atom. The summed E-state index contributed by atoms with van der Waals surface area (Å²) in [4.78, 5) is 24.0. The Bertz CT molecular complexity index is 1160. The van der Waals surface area contributed by atoms with Crippen LogP contribution in [-0.4, -0.2) is 18.4 Å². The summed E-state index contributed by atoms with van der Waals surface area (Å²) in [5, 5.41) is 5.34. The molecule has 2 amide bonds. The summed E-state index contributed by atoms with van der Waals surface area (Å²) >= 11 is 0. The average molecular weight is 428 g/mol. The minimum atomic E-state index is -4.49. The molecule has 1 aliphatic rings. The zero-order chi connectivity index (χ0) is 22.0. The molecule has 0 bridgehead atoms. The van der Waals surface area contributed by atoms with Gasteiger partial charge in [0.15, 0.2) is 6.61 Å². The first-order chi connectivity index (χ1) is 14.8. The Balaban J connectivity index is 1.49. The van der Waals surface area contributed by atoms with E-state index in [9.17, 15) is 22.8 Å². The fourth-order valence-corrected chi connectivity index (χ4v) is 2.94. The maximum absolute atomic E-state index is 12.9. The molecule has 0 fully saturated rings. The molecule has 0 aliphatic carbocycles. The van der Waals surface area contributed by atoms with Crippen LogP contribution >= 0.6 is 0 Å². The number of ether oxygens (including phenoxy) is 2. The molecule has 0 aromatic heterocycles. The molecule has 0 spiro atoms. The van der Waals surface area contributed by atoms with Crippen LogP contribution in [0, 0.1) is 0 Å². The van der Waals surface area contributed by atoms with Gasteiger partial charge in [-0.15, -0.1) is 0 Å². The van der Waals surface area contributed by atoms with Crippen molar-refractivity contribution in [1.82, 2.24) is 0 Å². The van der Waals surface area contributed by atoms with Crippen molar-refractivity contribution in [3.05, 3.63) is 77.9 Å². The third kappa shape index (κ3) is 4.77. The van der Waals surface area contributed by atoms with Crippen LogP contribution in [0.4, 0.5) is 24.5 Å². The van der Waals surface area contributed by atoms with Crippen molar-refractivity contribution in [2.45, 2.75) is 6.18 Å². The predicted octanol–water partition coefficient (Wildman–Crippen LogP) is 5.08. The highest BCUT2D eigenvalue weighted by Crippen LogP contribution is 2.33. The lowest BCUT2D eigenvalue weighted by Gasteiger charge is -2.18. The molecular formula is C22H15F3N2O4. The highest BCUT2D eigenvalue weighted by Gasteiger charge is 2.30. The van der Waals surface area contributed by atoms with E-state index in [-0.39, 0.29) is 29.6 Å². The molecular weight excluding hydrogens is 413 g/mol. The second-order valence-corrected chi connectivity index (χ2v) is 6.66. The molecule has 2 N–H and O–H groups in total. The van der Waals surface area contributed by atoms with E-state index in [0.29, 0.717) is 17.1 Å². The van der Waals surface area contributed by atoms with Gasteiger partial charge >= 0.3 is 6.18 Å². The lowest BCUT2D eigenvalue weighted by atomic mass is 10.1. The number of carbonyl (C=O) groups is 2. The van der Waals surface area contributed by atoms with E-state index >= 15 is 0 Å². The predicted molar refractivity (Wildman–Crippen MR) is 106 cm³/mol. The SMILES string of the molecule is O=C1COc2ccc(NC(=O)c3cccc(Oc4cccc(C(F)(F)F)c4)c3)cc2N1. The summed E-state index contributed by atoms with van der Waals surface area (Å²) in [6, 6.07) is 15.3. The van der Waals surface area contributed by atoms with Crippen LogP contribution in [0.1, 0.15) is 15.9 Å². The van der Waals surface area contributed by atoms with Gasteiger partial charge in [-0.3, -0.25) is 9.59 Å². The van der Waals surface area contributed by atoms with E-state index in [1.807, 2.05) is 0 Å². The molecule has 31 heavy (non-hydrogen) atoms. The van der Waals surface area contributed by atoms with Crippen LogP contribution < -0.4 is 20.1 Å². The van der Waals surface area contributed by atoms with E-state index in [1.54, 1.807) is 24.3 Å². The smallest absolute Gasteiger partial charge is 0.416 e. The summed E-state index contributed by atoms with van der Waals surface area (Å²) in [6.45, 7) is -0.0720. The van der Waals surface area contributed by atoms with Crippen LogP contribution in [0.5, 0.6) is 17.2 Å². The van der Waals surface area contributed by atoms with Crippen LogP contribution in [0.2, 0.25) is 0 Å². The first-order valence-corrected chi connectivity index (χ1v) is 9.11. The fraction of sp³-hybridized carbons (Fsp3) is 0.0909. The molecule has 158 valence electrons. The maximum Gasteiger partial charge on any atom is 0.416 e. The van der Waals surface area contributed by atoms with Gasteiger partial charge in [-0.2, -0.15) is 13.2 Å². The molecule has 0 unspecified atom stereocenters. The van der Waals surface area contributed by atoms with Crippen molar-refractivity contribution in [1.29, 1.82) is 0 Å². The van der Waals surface area contributed by atoms with Crippen molar-refractivity contribution in [2.75, 3.05) is 17.2 Å². The molecule has 9 heteroatoms. The quantitative estimate of drug-likeness (QED) is 0.608. The first kappa shape index (κ1) is 20.3. The molecule has 4 rings (SSSR count). The second kappa shape index (κ2) is 8.02. The van der Waals surface area contributed by atoms with E-state index in [0.717, 1.165) is 12.1 Å². The number of benzene rings is 3. The Hall–Kier alpha value is -4.01. The van der Waals surface area contributed by atoms with Gasteiger partial charge in [-0.25, -0.2) is 0 Å². The van der Waals surface area contributed by atoms with Crippen LogP contribution in [0.15, 0.2) is 66.7 Å².